The molecule has 0 aliphatic heterocycles. The molecule has 118 valence electrons. The van der Waals surface area contributed by atoms with E-state index in [1.54, 1.807) is 6.07 Å². The number of aromatic hydroxyl groups is 1. The average molecular weight is 317 g/mol. The Hall–Kier alpha value is -2.76. The quantitative estimate of drug-likeness (QED) is 0.498. The molecule has 0 spiro atoms. The van der Waals surface area contributed by atoms with Gasteiger partial charge in [-0.05, 0) is 30.7 Å². The molecular weight excluding hydrogens is 301 g/mol. The number of hydrogen-bond acceptors (Lipinski definition) is 3. The molecule has 4 rings (SSSR count). The van der Waals surface area contributed by atoms with Gasteiger partial charge in [0.2, 0.25) is 0 Å². The lowest BCUT2D eigenvalue weighted by Gasteiger charge is -2.14. The minimum absolute atomic E-state index is 0.104. The molecule has 0 unspecified atom stereocenters. The van der Waals surface area contributed by atoms with E-state index in [1.807, 2.05) is 66.1 Å². The molecule has 3 aromatic carbocycles. The van der Waals surface area contributed by atoms with E-state index in [2.05, 4.69) is 0 Å². The summed E-state index contributed by atoms with van der Waals surface area (Å²) in [7, 11) is -1.73. The van der Waals surface area contributed by atoms with E-state index in [1.165, 1.54) is 0 Å². The molecule has 4 aromatic rings. The first-order valence-corrected chi connectivity index (χ1v) is 7.76. The summed E-state index contributed by atoms with van der Waals surface area (Å²) in [6, 6.07) is 19.4. The van der Waals surface area contributed by atoms with E-state index >= 15 is 0 Å². The van der Waals surface area contributed by atoms with Gasteiger partial charge >= 0.3 is 7.12 Å². The van der Waals surface area contributed by atoms with E-state index in [9.17, 15) is 15.2 Å². The molecule has 0 saturated carbocycles. The van der Waals surface area contributed by atoms with Gasteiger partial charge < -0.3 is 19.7 Å². The van der Waals surface area contributed by atoms with E-state index in [-0.39, 0.29) is 11.2 Å². The molecule has 0 amide bonds. The third-order valence-corrected chi connectivity index (χ3v) is 4.36. The number of nitrogens with zero attached hydrogens (tertiary/aromatic N) is 1. The predicted molar refractivity (Wildman–Crippen MR) is 97.0 cm³/mol. The Morgan fingerprint density at radius 1 is 0.833 bits per heavy atom. The van der Waals surface area contributed by atoms with Crippen LogP contribution in [0.15, 0.2) is 60.7 Å². The third kappa shape index (κ3) is 2.10. The normalized spacial score (nSPS) is 11.3. The molecule has 0 fully saturated rings. The SMILES string of the molecule is Cc1cc(B(O)O)c(O)c(-n2c3ccccc3c3ccccc32)c1. The maximum absolute atomic E-state index is 10.6. The highest BCUT2D eigenvalue weighted by molar-refractivity contribution is 6.60. The Balaban J connectivity index is 2.17. The van der Waals surface area contributed by atoms with E-state index in [4.69, 9.17) is 0 Å². The van der Waals surface area contributed by atoms with Crippen molar-refractivity contribution in [3.63, 3.8) is 0 Å². The number of aromatic nitrogens is 1. The number of para-hydroxylation sites is 2. The molecule has 0 bridgehead atoms. The fourth-order valence-corrected chi connectivity index (χ4v) is 3.34. The zero-order valence-corrected chi connectivity index (χ0v) is 13.1. The number of phenolic OH excluding ortho intramolecular Hbond substituents is 1. The molecule has 3 N–H and O–H groups in total. The summed E-state index contributed by atoms with van der Waals surface area (Å²) in [6.45, 7) is 1.86. The Morgan fingerprint density at radius 3 is 1.92 bits per heavy atom. The molecule has 5 heteroatoms. The number of rotatable bonds is 2. The largest absolute Gasteiger partial charge is 0.506 e. The topological polar surface area (TPSA) is 65.6 Å². The second kappa shape index (κ2) is 5.41. The fourth-order valence-electron chi connectivity index (χ4n) is 3.34. The molecule has 0 aliphatic carbocycles. The Morgan fingerprint density at radius 2 is 1.38 bits per heavy atom. The van der Waals surface area contributed by atoms with Crippen molar-refractivity contribution in [1.29, 1.82) is 0 Å². The van der Waals surface area contributed by atoms with Crippen molar-refractivity contribution in [3.05, 3.63) is 66.2 Å². The van der Waals surface area contributed by atoms with Gasteiger partial charge in [-0.25, -0.2) is 0 Å². The number of aryl methyl sites for hydroxylation is 1. The molecule has 0 radical (unpaired) electrons. The van der Waals surface area contributed by atoms with Crippen LogP contribution in [0.2, 0.25) is 0 Å². The summed E-state index contributed by atoms with van der Waals surface area (Å²) in [5.74, 6) is -0.123. The minimum Gasteiger partial charge on any atom is -0.506 e. The van der Waals surface area contributed by atoms with Crippen LogP contribution in [0, 0.1) is 6.92 Å². The van der Waals surface area contributed by atoms with Crippen molar-refractivity contribution in [3.8, 4) is 11.4 Å². The zero-order valence-electron chi connectivity index (χ0n) is 13.1. The molecule has 1 heterocycles. The van der Waals surface area contributed by atoms with Crippen molar-refractivity contribution >= 4 is 34.4 Å². The predicted octanol–water partition coefficient (Wildman–Crippen LogP) is 2.48. The van der Waals surface area contributed by atoms with Crippen LogP contribution >= 0.6 is 0 Å². The second-order valence-electron chi connectivity index (χ2n) is 5.97. The first-order chi connectivity index (χ1) is 11.6. The van der Waals surface area contributed by atoms with Crippen LogP contribution in [0.25, 0.3) is 27.5 Å². The fraction of sp³-hybridized carbons (Fsp3) is 0.0526. The van der Waals surface area contributed by atoms with Gasteiger partial charge in [-0.3, -0.25) is 0 Å². The molecule has 24 heavy (non-hydrogen) atoms. The number of hydrogen-bond donors (Lipinski definition) is 3. The van der Waals surface area contributed by atoms with Crippen LogP contribution in [-0.4, -0.2) is 26.8 Å². The third-order valence-electron chi connectivity index (χ3n) is 4.36. The Labute approximate surface area is 139 Å². The van der Waals surface area contributed by atoms with E-state index < -0.39 is 7.12 Å². The van der Waals surface area contributed by atoms with Crippen molar-refractivity contribution in [2.45, 2.75) is 6.92 Å². The second-order valence-corrected chi connectivity index (χ2v) is 5.97. The smallest absolute Gasteiger partial charge is 0.492 e. The number of fused-ring (bicyclic) bond motifs is 3. The van der Waals surface area contributed by atoms with Crippen molar-refractivity contribution in [2.24, 2.45) is 0 Å². The first-order valence-electron chi connectivity index (χ1n) is 7.76. The van der Waals surface area contributed by atoms with Crippen LogP contribution in [0.4, 0.5) is 0 Å². The Bertz CT molecular complexity index is 1020. The van der Waals surface area contributed by atoms with Gasteiger partial charge in [-0.15, -0.1) is 0 Å². The van der Waals surface area contributed by atoms with Crippen LogP contribution in [0.1, 0.15) is 5.56 Å². The molecule has 0 atom stereocenters. The summed E-state index contributed by atoms with van der Waals surface area (Å²) in [5.41, 5.74) is 3.39. The molecule has 1 aromatic heterocycles. The molecule has 4 nitrogen and oxygen atoms in total. The van der Waals surface area contributed by atoms with Gasteiger partial charge in [-0.1, -0.05) is 42.5 Å². The minimum atomic E-state index is -1.73. The number of benzene rings is 3. The maximum atomic E-state index is 10.6. The molecular formula is C19H16BNO3. The van der Waals surface area contributed by atoms with Gasteiger partial charge in [0, 0.05) is 16.2 Å². The monoisotopic (exact) mass is 317 g/mol. The summed E-state index contributed by atoms with van der Waals surface area (Å²) < 4.78 is 1.96. The summed E-state index contributed by atoms with van der Waals surface area (Å²) in [5, 5.41) is 31.9. The van der Waals surface area contributed by atoms with Gasteiger partial charge in [0.05, 0.1) is 16.7 Å². The zero-order chi connectivity index (χ0) is 16.8. The van der Waals surface area contributed by atoms with Crippen LogP contribution < -0.4 is 5.46 Å². The van der Waals surface area contributed by atoms with Crippen LogP contribution in [0.5, 0.6) is 5.75 Å². The first kappa shape index (κ1) is 14.8. The highest BCUT2D eigenvalue weighted by Gasteiger charge is 2.22. The van der Waals surface area contributed by atoms with Crippen molar-refractivity contribution in [1.82, 2.24) is 4.57 Å². The van der Waals surface area contributed by atoms with Gasteiger partial charge in [0.15, 0.2) is 0 Å². The highest BCUT2D eigenvalue weighted by Crippen LogP contribution is 2.34. The van der Waals surface area contributed by atoms with Crippen LogP contribution in [-0.2, 0) is 0 Å². The molecule has 0 aliphatic rings. The van der Waals surface area contributed by atoms with E-state index in [0.717, 1.165) is 27.4 Å². The standard InChI is InChI=1S/C19H16BNO3/c1-12-10-15(20(23)24)19(22)18(11-12)21-16-8-4-2-6-13(16)14-7-3-5-9-17(14)21/h2-11,22-24H,1H3. The van der Waals surface area contributed by atoms with Gasteiger partial charge in [0.1, 0.15) is 5.75 Å². The van der Waals surface area contributed by atoms with Crippen molar-refractivity contribution in [2.75, 3.05) is 0 Å². The van der Waals surface area contributed by atoms with Gasteiger partial charge in [0.25, 0.3) is 0 Å². The summed E-state index contributed by atoms with van der Waals surface area (Å²) in [4.78, 5) is 0. The van der Waals surface area contributed by atoms with E-state index in [0.29, 0.717) is 5.69 Å². The summed E-state index contributed by atoms with van der Waals surface area (Å²) >= 11 is 0. The van der Waals surface area contributed by atoms with Gasteiger partial charge in [-0.2, -0.15) is 0 Å². The Kier molecular flexibility index (Phi) is 3.34. The lowest BCUT2D eigenvalue weighted by Crippen LogP contribution is -2.31. The average Bonchev–Trinajstić information content (AvgIpc) is 2.91. The highest BCUT2D eigenvalue weighted by atomic mass is 16.4. The molecule has 0 saturated heterocycles. The summed E-state index contributed by atoms with van der Waals surface area (Å²) in [6.07, 6.45) is 0. The lowest BCUT2D eigenvalue weighted by molar-refractivity contribution is 0.419. The lowest BCUT2D eigenvalue weighted by atomic mass is 9.78. The maximum Gasteiger partial charge on any atom is 0.492 e. The van der Waals surface area contributed by atoms with Crippen LogP contribution in [0.3, 0.4) is 0 Å². The number of phenols is 1. The van der Waals surface area contributed by atoms with Crippen molar-refractivity contribution < 1.29 is 15.2 Å².